The van der Waals surface area contributed by atoms with Crippen LogP contribution in [0.25, 0.3) is 21.5 Å². The van der Waals surface area contributed by atoms with E-state index in [1.807, 2.05) is 47.0 Å². The third kappa shape index (κ3) is 1.87. The quantitative estimate of drug-likeness (QED) is 0.668. The molecule has 1 aromatic carbocycles. The minimum Gasteiger partial charge on any atom is -0.306 e. The number of nitrogens with one attached hydrogen (secondary N) is 1. The van der Waals surface area contributed by atoms with Gasteiger partial charge in [0.1, 0.15) is 5.82 Å². The van der Waals surface area contributed by atoms with Gasteiger partial charge in [0, 0.05) is 21.0 Å². The predicted molar refractivity (Wildman–Crippen MR) is 83.1 cm³/mol. The van der Waals surface area contributed by atoms with E-state index in [9.17, 15) is 4.79 Å². The van der Waals surface area contributed by atoms with E-state index < -0.39 is 0 Å². The third-order valence-corrected chi connectivity index (χ3v) is 5.00. The van der Waals surface area contributed by atoms with Gasteiger partial charge in [0.05, 0.1) is 9.26 Å². The standard InChI is InChI=1S/C13H9IN2OS/c1-7-11(14)13(17)16-12(15-7)9-6-18-10-5-3-2-4-8(9)10/h2-6H,1H3,(H,15,16,17). The van der Waals surface area contributed by atoms with Crippen LogP contribution in [-0.2, 0) is 0 Å². The number of aryl methyl sites for hydroxylation is 1. The maximum atomic E-state index is 11.8. The van der Waals surface area contributed by atoms with Crippen molar-refractivity contribution in [2.75, 3.05) is 0 Å². The second-order valence-corrected chi connectivity index (χ2v) is 5.95. The molecule has 3 nitrogen and oxygen atoms in total. The number of thiophene rings is 1. The van der Waals surface area contributed by atoms with Gasteiger partial charge in [0.25, 0.3) is 5.56 Å². The van der Waals surface area contributed by atoms with Gasteiger partial charge in [-0.05, 0) is 35.6 Å². The minimum atomic E-state index is -0.0756. The highest BCUT2D eigenvalue weighted by atomic mass is 127. The highest BCUT2D eigenvalue weighted by molar-refractivity contribution is 14.1. The minimum absolute atomic E-state index is 0.0756. The lowest BCUT2D eigenvalue weighted by molar-refractivity contribution is 1.05. The Morgan fingerprint density at radius 1 is 1.33 bits per heavy atom. The fourth-order valence-corrected chi connectivity index (χ4v) is 3.06. The zero-order valence-electron chi connectivity index (χ0n) is 9.53. The molecule has 5 heteroatoms. The van der Waals surface area contributed by atoms with Crippen LogP contribution in [-0.4, -0.2) is 9.97 Å². The maximum absolute atomic E-state index is 11.8. The molecule has 3 rings (SSSR count). The van der Waals surface area contributed by atoms with Crippen molar-refractivity contribution in [2.45, 2.75) is 6.92 Å². The Balaban J connectivity index is 2.30. The lowest BCUT2D eigenvalue weighted by atomic mass is 10.1. The highest BCUT2D eigenvalue weighted by Crippen LogP contribution is 2.31. The van der Waals surface area contributed by atoms with E-state index in [-0.39, 0.29) is 5.56 Å². The molecule has 0 saturated carbocycles. The molecule has 0 spiro atoms. The molecule has 0 atom stereocenters. The molecule has 0 fully saturated rings. The summed E-state index contributed by atoms with van der Waals surface area (Å²) in [4.78, 5) is 19.1. The van der Waals surface area contributed by atoms with Crippen LogP contribution < -0.4 is 5.56 Å². The third-order valence-electron chi connectivity index (χ3n) is 2.76. The normalized spacial score (nSPS) is 11.0. The molecule has 0 aliphatic carbocycles. The van der Waals surface area contributed by atoms with Crippen molar-refractivity contribution in [1.82, 2.24) is 9.97 Å². The van der Waals surface area contributed by atoms with Crippen LogP contribution in [0.5, 0.6) is 0 Å². The van der Waals surface area contributed by atoms with Crippen molar-refractivity contribution >= 4 is 44.0 Å². The van der Waals surface area contributed by atoms with Crippen molar-refractivity contribution in [3.8, 4) is 11.4 Å². The second-order valence-electron chi connectivity index (χ2n) is 3.96. The van der Waals surface area contributed by atoms with E-state index in [2.05, 4.69) is 22.1 Å². The molecule has 2 aromatic heterocycles. The Hall–Kier alpha value is -1.21. The summed E-state index contributed by atoms with van der Waals surface area (Å²) in [6.07, 6.45) is 0. The van der Waals surface area contributed by atoms with Crippen LogP contribution >= 0.6 is 33.9 Å². The molecule has 0 saturated heterocycles. The summed E-state index contributed by atoms with van der Waals surface area (Å²) in [6, 6.07) is 8.13. The molecule has 1 N–H and O–H groups in total. The van der Waals surface area contributed by atoms with Gasteiger partial charge in [0.2, 0.25) is 0 Å². The highest BCUT2D eigenvalue weighted by Gasteiger charge is 2.11. The number of nitrogens with zero attached hydrogens (tertiary/aromatic N) is 1. The first-order valence-corrected chi connectivity index (χ1v) is 7.35. The first-order chi connectivity index (χ1) is 8.66. The molecule has 3 aromatic rings. The topological polar surface area (TPSA) is 45.8 Å². The number of H-pyrrole nitrogens is 1. The smallest absolute Gasteiger partial charge is 0.264 e. The van der Waals surface area contributed by atoms with Crippen LogP contribution in [0.2, 0.25) is 0 Å². The summed E-state index contributed by atoms with van der Waals surface area (Å²) in [5, 5.41) is 3.17. The summed E-state index contributed by atoms with van der Waals surface area (Å²) in [6.45, 7) is 1.86. The van der Waals surface area contributed by atoms with Crippen molar-refractivity contribution in [1.29, 1.82) is 0 Å². The lowest BCUT2D eigenvalue weighted by Crippen LogP contribution is -2.14. The van der Waals surface area contributed by atoms with Gasteiger partial charge in [-0.3, -0.25) is 4.79 Å². The van der Waals surface area contributed by atoms with Gasteiger partial charge in [-0.25, -0.2) is 4.98 Å². The van der Waals surface area contributed by atoms with E-state index in [4.69, 9.17) is 0 Å². The fourth-order valence-electron chi connectivity index (χ4n) is 1.86. The van der Waals surface area contributed by atoms with Gasteiger partial charge in [-0.1, -0.05) is 18.2 Å². The predicted octanol–water partition coefficient (Wildman–Crippen LogP) is 3.56. The summed E-state index contributed by atoms with van der Waals surface area (Å²) in [5.74, 6) is 0.648. The van der Waals surface area contributed by atoms with E-state index in [1.165, 1.54) is 4.70 Å². The molecule has 0 aliphatic rings. The molecule has 0 radical (unpaired) electrons. The van der Waals surface area contributed by atoms with Gasteiger partial charge >= 0.3 is 0 Å². The maximum Gasteiger partial charge on any atom is 0.264 e. The number of benzene rings is 1. The summed E-state index contributed by atoms with van der Waals surface area (Å²) >= 11 is 3.68. The molecule has 0 unspecified atom stereocenters. The zero-order chi connectivity index (χ0) is 12.7. The number of hydrogen-bond donors (Lipinski definition) is 1. The van der Waals surface area contributed by atoms with Gasteiger partial charge in [-0.2, -0.15) is 0 Å². The lowest BCUT2D eigenvalue weighted by Gasteiger charge is -2.02. The van der Waals surface area contributed by atoms with Crippen LogP contribution in [0.4, 0.5) is 0 Å². The Labute approximate surface area is 121 Å². The fraction of sp³-hybridized carbons (Fsp3) is 0.0769. The number of hydrogen-bond acceptors (Lipinski definition) is 3. The number of aromatic nitrogens is 2. The SMILES string of the molecule is Cc1nc(-c2csc3ccccc23)[nH]c(=O)c1I. The van der Waals surface area contributed by atoms with Gasteiger partial charge in [-0.15, -0.1) is 11.3 Å². The Kier molecular flexibility index (Phi) is 2.95. The molecule has 0 amide bonds. The van der Waals surface area contributed by atoms with E-state index in [0.29, 0.717) is 9.39 Å². The summed E-state index contributed by atoms with van der Waals surface area (Å²) in [5.41, 5.74) is 1.69. The van der Waals surface area contributed by atoms with Gasteiger partial charge in [0.15, 0.2) is 0 Å². The average Bonchev–Trinajstić information content (AvgIpc) is 2.79. The molecular weight excluding hydrogens is 359 g/mol. The van der Waals surface area contributed by atoms with Crippen LogP contribution in [0.1, 0.15) is 5.69 Å². The van der Waals surface area contributed by atoms with Crippen molar-refractivity contribution < 1.29 is 0 Å². The molecule has 0 bridgehead atoms. The van der Waals surface area contributed by atoms with E-state index in [0.717, 1.165) is 16.6 Å². The van der Waals surface area contributed by atoms with Crippen molar-refractivity contribution in [2.24, 2.45) is 0 Å². The van der Waals surface area contributed by atoms with E-state index in [1.54, 1.807) is 11.3 Å². The first-order valence-electron chi connectivity index (χ1n) is 5.40. The molecule has 2 heterocycles. The van der Waals surface area contributed by atoms with Gasteiger partial charge < -0.3 is 4.98 Å². The van der Waals surface area contributed by atoms with Crippen molar-refractivity contribution in [3.63, 3.8) is 0 Å². The van der Waals surface area contributed by atoms with Crippen LogP contribution in [0.3, 0.4) is 0 Å². The molecule has 18 heavy (non-hydrogen) atoms. The average molecular weight is 368 g/mol. The zero-order valence-corrected chi connectivity index (χ0v) is 12.5. The number of aromatic amines is 1. The molecular formula is C13H9IN2OS. The van der Waals surface area contributed by atoms with Crippen molar-refractivity contribution in [3.05, 3.63) is 49.3 Å². The monoisotopic (exact) mass is 368 g/mol. The Morgan fingerprint density at radius 2 is 2.11 bits per heavy atom. The van der Waals surface area contributed by atoms with Crippen LogP contribution in [0, 0.1) is 10.5 Å². The Bertz CT molecular complexity index is 791. The first kappa shape index (κ1) is 11.9. The number of rotatable bonds is 1. The summed E-state index contributed by atoms with van der Waals surface area (Å²) < 4.78 is 1.85. The summed E-state index contributed by atoms with van der Waals surface area (Å²) in [7, 11) is 0. The molecule has 90 valence electrons. The second kappa shape index (κ2) is 4.47. The molecule has 0 aliphatic heterocycles. The number of halogens is 1. The number of fused-ring (bicyclic) bond motifs is 1. The van der Waals surface area contributed by atoms with Crippen LogP contribution in [0.15, 0.2) is 34.4 Å². The Morgan fingerprint density at radius 3 is 2.89 bits per heavy atom. The van der Waals surface area contributed by atoms with E-state index >= 15 is 0 Å². The largest absolute Gasteiger partial charge is 0.306 e.